The van der Waals surface area contributed by atoms with E-state index in [4.69, 9.17) is 5.73 Å². The maximum Gasteiger partial charge on any atom is 0.255 e. The summed E-state index contributed by atoms with van der Waals surface area (Å²) in [6.45, 7) is 8.14. The van der Waals surface area contributed by atoms with Gasteiger partial charge in [0.1, 0.15) is 0 Å². The molecule has 0 aromatic heterocycles. The van der Waals surface area contributed by atoms with Crippen molar-refractivity contribution in [2.75, 3.05) is 0 Å². The third-order valence-electron chi connectivity index (χ3n) is 4.50. The molecule has 0 saturated carbocycles. The van der Waals surface area contributed by atoms with Crippen LogP contribution in [0.4, 0.5) is 0 Å². The normalized spacial score (nSPS) is 16.2. The summed E-state index contributed by atoms with van der Waals surface area (Å²) >= 11 is 0. The SMILES string of the molecule is CCCCCC(C)N(C(=O)[C@H](O)[C@@H](O)C(N)=O)C(C)CCCCC. The van der Waals surface area contributed by atoms with Gasteiger partial charge >= 0.3 is 0 Å². The lowest BCUT2D eigenvalue weighted by atomic mass is 10.0. The molecule has 0 fully saturated rings. The lowest BCUT2D eigenvalue weighted by Gasteiger charge is -2.37. The standard InChI is InChI=1S/C18H36N2O4/c1-5-7-9-11-13(3)20(14(4)12-10-8-6-2)18(24)16(22)15(21)17(19)23/h13-16,21-22H,5-12H2,1-4H3,(H2,19,23)/t13?,14?,15-,16-/m1/s1. The van der Waals surface area contributed by atoms with Crippen LogP contribution in [0.3, 0.4) is 0 Å². The van der Waals surface area contributed by atoms with Gasteiger partial charge < -0.3 is 20.8 Å². The van der Waals surface area contributed by atoms with Gasteiger partial charge in [-0.3, -0.25) is 9.59 Å². The van der Waals surface area contributed by atoms with E-state index in [2.05, 4.69) is 13.8 Å². The van der Waals surface area contributed by atoms with Gasteiger partial charge in [0.2, 0.25) is 5.91 Å². The predicted molar refractivity (Wildman–Crippen MR) is 95.3 cm³/mol. The molecule has 6 heteroatoms. The monoisotopic (exact) mass is 344 g/mol. The average molecular weight is 344 g/mol. The Bertz CT molecular complexity index is 360. The Morgan fingerprint density at radius 2 is 1.29 bits per heavy atom. The van der Waals surface area contributed by atoms with Crippen molar-refractivity contribution >= 4 is 11.8 Å². The number of nitrogens with zero attached hydrogens (tertiary/aromatic N) is 1. The number of nitrogens with two attached hydrogens (primary N) is 1. The minimum absolute atomic E-state index is 0.0598. The number of primary amides is 1. The highest BCUT2D eigenvalue weighted by Gasteiger charge is 2.35. The van der Waals surface area contributed by atoms with Crippen molar-refractivity contribution in [3.05, 3.63) is 0 Å². The molecule has 4 N–H and O–H groups in total. The molecule has 0 spiro atoms. The highest BCUT2D eigenvalue weighted by atomic mass is 16.3. The second-order valence-electron chi connectivity index (χ2n) is 6.73. The first-order valence-electron chi connectivity index (χ1n) is 9.25. The molecule has 142 valence electrons. The van der Waals surface area contributed by atoms with Gasteiger partial charge in [0.05, 0.1) is 0 Å². The van der Waals surface area contributed by atoms with Gasteiger partial charge in [-0.15, -0.1) is 0 Å². The number of hydrogen-bond acceptors (Lipinski definition) is 4. The molecule has 0 heterocycles. The number of amides is 2. The molecular weight excluding hydrogens is 308 g/mol. The first kappa shape index (κ1) is 22.9. The molecule has 2 amide bonds. The van der Waals surface area contributed by atoms with Crippen LogP contribution in [0.5, 0.6) is 0 Å². The van der Waals surface area contributed by atoms with Crippen molar-refractivity contribution in [3.63, 3.8) is 0 Å². The van der Waals surface area contributed by atoms with Gasteiger partial charge in [0.25, 0.3) is 5.91 Å². The Hall–Kier alpha value is -1.14. The molecule has 4 atom stereocenters. The summed E-state index contributed by atoms with van der Waals surface area (Å²) < 4.78 is 0. The van der Waals surface area contributed by atoms with Crippen LogP contribution in [0.2, 0.25) is 0 Å². The molecule has 0 aromatic rings. The molecule has 0 bridgehead atoms. The Labute approximate surface area is 146 Å². The van der Waals surface area contributed by atoms with Crippen molar-refractivity contribution in [3.8, 4) is 0 Å². The summed E-state index contributed by atoms with van der Waals surface area (Å²) in [6.07, 6.45) is 4.34. The van der Waals surface area contributed by atoms with E-state index in [0.717, 1.165) is 51.4 Å². The minimum atomic E-state index is -1.87. The van der Waals surface area contributed by atoms with E-state index in [1.54, 1.807) is 4.90 Å². The zero-order chi connectivity index (χ0) is 18.7. The lowest BCUT2D eigenvalue weighted by molar-refractivity contribution is -0.155. The largest absolute Gasteiger partial charge is 0.380 e. The molecule has 6 nitrogen and oxygen atoms in total. The summed E-state index contributed by atoms with van der Waals surface area (Å²) in [5, 5.41) is 19.7. The number of rotatable bonds is 13. The molecule has 0 aliphatic heterocycles. The van der Waals surface area contributed by atoms with Crippen LogP contribution in [0.25, 0.3) is 0 Å². The van der Waals surface area contributed by atoms with Crippen molar-refractivity contribution in [2.24, 2.45) is 5.73 Å². The van der Waals surface area contributed by atoms with Crippen molar-refractivity contribution in [1.29, 1.82) is 0 Å². The summed E-state index contributed by atoms with van der Waals surface area (Å²) in [7, 11) is 0. The number of carbonyl (C=O) groups is 2. The summed E-state index contributed by atoms with van der Waals surface area (Å²) in [6, 6.07) is -0.120. The van der Waals surface area contributed by atoms with Gasteiger partial charge in [-0.25, -0.2) is 0 Å². The molecule has 0 aliphatic rings. The van der Waals surface area contributed by atoms with E-state index >= 15 is 0 Å². The van der Waals surface area contributed by atoms with Crippen molar-refractivity contribution in [1.82, 2.24) is 4.90 Å². The molecule has 0 rings (SSSR count). The van der Waals surface area contributed by atoms with Gasteiger partial charge in [-0.05, 0) is 26.7 Å². The maximum atomic E-state index is 12.6. The smallest absolute Gasteiger partial charge is 0.255 e. The van der Waals surface area contributed by atoms with Gasteiger partial charge in [0, 0.05) is 12.1 Å². The van der Waals surface area contributed by atoms with Crippen LogP contribution >= 0.6 is 0 Å². The summed E-state index contributed by atoms with van der Waals surface area (Å²) in [5.41, 5.74) is 5.00. The Balaban J connectivity index is 5.06. The molecule has 0 aromatic carbocycles. The highest BCUT2D eigenvalue weighted by molar-refractivity contribution is 5.90. The predicted octanol–water partition coefficient (Wildman–Crippen LogP) is 1.96. The van der Waals surface area contributed by atoms with Crippen LogP contribution in [0, 0.1) is 0 Å². The van der Waals surface area contributed by atoms with Crippen LogP contribution < -0.4 is 5.73 Å². The minimum Gasteiger partial charge on any atom is -0.380 e. The topological polar surface area (TPSA) is 104 Å². The van der Waals surface area contributed by atoms with Crippen LogP contribution in [0.15, 0.2) is 0 Å². The third-order valence-corrected chi connectivity index (χ3v) is 4.50. The number of carbonyl (C=O) groups excluding carboxylic acids is 2. The molecule has 0 radical (unpaired) electrons. The number of aliphatic hydroxyl groups excluding tert-OH is 2. The van der Waals surface area contributed by atoms with Gasteiger partial charge in [-0.2, -0.15) is 0 Å². The van der Waals surface area contributed by atoms with E-state index in [-0.39, 0.29) is 12.1 Å². The molecule has 24 heavy (non-hydrogen) atoms. The Morgan fingerprint density at radius 1 is 0.875 bits per heavy atom. The second-order valence-corrected chi connectivity index (χ2v) is 6.73. The van der Waals surface area contributed by atoms with E-state index in [1.165, 1.54) is 0 Å². The Kier molecular flexibility index (Phi) is 11.7. The van der Waals surface area contributed by atoms with Crippen LogP contribution in [0.1, 0.15) is 79.1 Å². The van der Waals surface area contributed by atoms with Gasteiger partial charge in [-0.1, -0.05) is 52.4 Å². The van der Waals surface area contributed by atoms with E-state index < -0.39 is 24.0 Å². The van der Waals surface area contributed by atoms with Crippen LogP contribution in [-0.2, 0) is 9.59 Å². The van der Waals surface area contributed by atoms with E-state index in [0.29, 0.717) is 0 Å². The number of aliphatic hydroxyl groups is 2. The fourth-order valence-corrected chi connectivity index (χ4v) is 2.97. The highest BCUT2D eigenvalue weighted by Crippen LogP contribution is 2.19. The molecule has 0 saturated heterocycles. The quantitative estimate of drug-likeness (QED) is 0.444. The third kappa shape index (κ3) is 7.62. The molecule has 2 unspecified atom stereocenters. The zero-order valence-electron chi connectivity index (χ0n) is 15.7. The van der Waals surface area contributed by atoms with Crippen molar-refractivity contribution < 1.29 is 19.8 Å². The number of hydrogen-bond donors (Lipinski definition) is 3. The molecule has 0 aliphatic carbocycles. The maximum absolute atomic E-state index is 12.6. The first-order chi connectivity index (χ1) is 11.3. The fourth-order valence-electron chi connectivity index (χ4n) is 2.97. The molecular formula is C18H36N2O4. The van der Waals surface area contributed by atoms with E-state index in [9.17, 15) is 19.8 Å². The second kappa shape index (κ2) is 12.3. The summed E-state index contributed by atoms with van der Waals surface area (Å²) in [4.78, 5) is 25.3. The number of unbranched alkanes of at least 4 members (excludes halogenated alkanes) is 4. The summed E-state index contributed by atoms with van der Waals surface area (Å²) in [5.74, 6) is -1.71. The van der Waals surface area contributed by atoms with E-state index in [1.807, 2.05) is 13.8 Å². The fraction of sp³-hybridized carbons (Fsp3) is 0.889. The van der Waals surface area contributed by atoms with Gasteiger partial charge in [0.15, 0.2) is 12.2 Å². The Morgan fingerprint density at radius 3 is 1.62 bits per heavy atom. The first-order valence-corrected chi connectivity index (χ1v) is 9.25. The van der Waals surface area contributed by atoms with Crippen molar-refractivity contribution in [2.45, 2.75) is 103 Å². The van der Waals surface area contributed by atoms with Crippen LogP contribution in [-0.4, -0.2) is 51.2 Å². The zero-order valence-corrected chi connectivity index (χ0v) is 15.7. The lowest BCUT2D eigenvalue weighted by Crippen LogP contribution is -2.54. The average Bonchev–Trinajstić information content (AvgIpc) is 2.53.